The highest BCUT2D eigenvalue weighted by Crippen LogP contribution is 2.25. The van der Waals surface area contributed by atoms with Gasteiger partial charge in [-0.3, -0.25) is 14.9 Å². The first-order valence-electron chi connectivity index (χ1n) is 9.01. The number of barbiturate groups is 1. The van der Waals surface area contributed by atoms with Crippen molar-refractivity contribution < 1.29 is 23.9 Å². The number of ether oxygens (including phenoxy) is 2. The Labute approximate surface area is 168 Å². The number of hydrogen-bond donors (Lipinski definition) is 1. The van der Waals surface area contributed by atoms with Crippen LogP contribution in [0.2, 0.25) is 0 Å². The highest BCUT2D eigenvalue weighted by atomic mass is 16.5. The van der Waals surface area contributed by atoms with Gasteiger partial charge in [-0.15, -0.1) is 0 Å². The zero-order valence-electron chi connectivity index (χ0n) is 15.9. The van der Waals surface area contributed by atoms with Gasteiger partial charge in [0, 0.05) is 0 Å². The van der Waals surface area contributed by atoms with Gasteiger partial charge in [0.15, 0.2) is 0 Å². The van der Waals surface area contributed by atoms with Gasteiger partial charge in [0.05, 0.1) is 12.3 Å². The van der Waals surface area contributed by atoms with Crippen molar-refractivity contribution in [3.05, 3.63) is 72.3 Å². The highest BCUT2D eigenvalue weighted by Gasteiger charge is 2.36. The van der Waals surface area contributed by atoms with Crippen LogP contribution < -0.4 is 19.7 Å². The third kappa shape index (κ3) is 4.52. The molecule has 3 rings (SSSR count). The summed E-state index contributed by atoms with van der Waals surface area (Å²) in [5.74, 6) is -0.272. The summed E-state index contributed by atoms with van der Waals surface area (Å²) in [5.41, 5.74) is 0.767. The Hall–Kier alpha value is -3.87. The average molecular weight is 392 g/mol. The van der Waals surface area contributed by atoms with E-state index in [4.69, 9.17) is 9.47 Å². The van der Waals surface area contributed by atoms with Gasteiger partial charge in [-0.25, -0.2) is 9.69 Å². The van der Waals surface area contributed by atoms with Crippen LogP contribution in [0.3, 0.4) is 0 Å². The van der Waals surface area contributed by atoms with Gasteiger partial charge >= 0.3 is 6.03 Å². The summed E-state index contributed by atoms with van der Waals surface area (Å²) in [7, 11) is 0. The molecule has 1 saturated heterocycles. The Morgan fingerprint density at radius 1 is 1.03 bits per heavy atom. The molecular formula is C22H20N2O5. The molecule has 1 aliphatic heterocycles. The van der Waals surface area contributed by atoms with Crippen LogP contribution in [-0.2, 0) is 9.59 Å². The van der Waals surface area contributed by atoms with Gasteiger partial charge in [0.2, 0.25) is 0 Å². The Morgan fingerprint density at radius 3 is 2.48 bits per heavy atom. The van der Waals surface area contributed by atoms with E-state index in [1.54, 1.807) is 54.6 Å². The minimum absolute atomic E-state index is 0.153. The monoisotopic (exact) mass is 392 g/mol. The smallest absolute Gasteiger partial charge is 0.335 e. The van der Waals surface area contributed by atoms with E-state index in [1.165, 1.54) is 6.08 Å². The summed E-state index contributed by atoms with van der Waals surface area (Å²) in [6.07, 6.45) is 3.04. The second kappa shape index (κ2) is 8.88. The second-order valence-corrected chi connectivity index (χ2v) is 6.06. The molecule has 1 heterocycles. The lowest BCUT2D eigenvalue weighted by atomic mass is 10.1. The summed E-state index contributed by atoms with van der Waals surface area (Å²) < 4.78 is 10.8. The molecule has 148 valence electrons. The fourth-order valence-corrected chi connectivity index (χ4v) is 2.77. The maximum absolute atomic E-state index is 12.9. The Bertz CT molecular complexity index is 979. The van der Waals surface area contributed by atoms with Crippen molar-refractivity contribution in [1.29, 1.82) is 0 Å². The largest absolute Gasteiger partial charge is 0.494 e. The molecule has 0 radical (unpaired) electrons. The predicted octanol–water partition coefficient (Wildman–Crippen LogP) is 3.32. The number of nitrogens with one attached hydrogen (secondary N) is 1. The van der Waals surface area contributed by atoms with Crippen LogP contribution in [0.1, 0.15) is 12.5 Å². The number of benzene rings is 2. The van der Waals surface area contributed by atoms with Crippen molar-refractivity contribution in [2.75, 3.05) is 18.1 Å². The van der Waals surface area contributed by atoms with Crippen LogP contribution in [0, 0.1) is 0 Å². The summed E-state index contributed by atoms with van der Waals surface area (Å²) in [6.45, 7) is 6.28. The number of nitrogens with zero attached hydrogens (tertiary/aromatic N) is 1. The molecule has 2 aromatic carbocycles. The Morgan fingerprint density at radius 2 is 1.79 bits per heavy atom. The van der Waals surface area contributed by atoms with Gasteiger partial charge in [0.1, 0.15) is 23.7 Å². The standard InChI is InChI=1S/C22H20N2O5/c1-3-12-29-18-7-5-6-15(13-18)14-19-20(25)23-22(27)24(21(19)26)16-8-10-17(11-9-16)28-4-2/h3,5-11,13-14H,1,4,12H2,2H3,(H,23,25,27)/b19-14-. The molecule has 0 bridgehead atoms. The van der Waals surface area contributed by atoms with Crippen LogP contribution in [0.25, 0.3) is 6.08 Å². The van der Waals surface area contributed by atoms with Gasteiger partial charge in [-0.1, -0.05) is 24.8 Å². The lowest BCUT2D eigenvalue weighted by molar-refractivity contribution is -0.122. The van der Waals surface area contributed by atoms with Crippen LogP contribution in [0.15, 0.2) is 66.8 Å². The van der Waals surface area contributed by atoms with Gasteiger partial charge in [-0.05, 0) is 55.0 Å². The van der Waals surface area contributed by atoms with E-state index < -0.39 is 17.8 Å². The number of rotatable bonds is 7. The fourth-order valence-electron chi connectivity index (χ4n) is 2.77. The minimum Gasteiger partial charge on any atom is -0.494 e. The molecule has 0 aromatic heterocycles. The van der Waals surface area contributed by atoms with Gasteiger partial charge < -0.3 is 9.47 Å². The molecule has 29 heavy (non-hydrogen) atoms. The molecule has 0 unspecified atom stereocenters. The zero-order chi connectivity index (χ0) is 20.8. The lowest BCUT2D eigenvalue weighted by Gasteiger charge is -2.26. The summed E-state index contributed by atoms with van der Waals surface area (Å²) in [6, 6.07) is 12.6. The molecule has 7 nitrogen and oxygen atoms in total. The number of urea groups is 1. The van der Waals surface area contributed by atoms with E-state index in [0.29, 0.717) is 36.0 Å². The van der Waals surface area contributed by atoms with Crippen LogP contribution in [0.4, 0.5) is 10.5 Å². The van der Waals surface area contributed by atoms with Crippen molar-refractivity contribution >= 4 is 29.6 Å². The highest BCUT2D eigenvalue weighted by molar-refractivity contribution is 6.39. The van der Waals surface area contributed by atoms with Crippen molar-refractivity contribution in [2.24, 2.45) is 0 Å². The molecule has 2 aromatic rings. The van der Waals surface area contributed by atoms with E-state index >= 15 is 0 Å². The molecular weight excluding hydrogens is 372 g/mol. The topological polar surface area (TPSA) is 84.9 Å². The van der Waals surface area contributed by atoms with Crippen LogP contribution in [-0.4, -0.2) is 31.1 Å². The summed E-state index contributed by atoms with van der Waals surface area (Å²) in [4.78, 5) is 38.4. The normalized spacial score (nSPS) is 15.3. The van der Waals surface area contributed by atoms with Crippen LogP contribution in [0.5, 0.6) is 11.5 Å². The number of amides is 4. The minimum atomic E-state index is -0.802. The maximum atomic E-state index is 12.9. The van der Waals surface area contributed by atoms with Crippen molar-refractivity contribution in [3.63, 3.8) is 0 Å². The average Bonchev–Trinajstić information content (AvgIpc) is 2.71. The predicted molar refractivity (Wildman–Crippen MR) is 109 cm³/mol. The Kier molecular flexibility index (Phi) is 6.09. The zero-order valence-corrected chi connectivity index (χ0v) is 15.9. The number of hydrogen-bond acceptors (Lipinski definition) is 5. The molecule has 0 aliphatic carbocycles. The first-order valence-corrected chi connectivity index (χ1v) is 9.01. The second-order valence-electron chi connectivity index (χ2n) is 6.06. The molecule has 4 amide bonds. The SMILES string of the molecule is C=CCOc1cccc(/C=C2/C(=O)NC(=O)N(c3ccc(OCC)cc3)C2=O)c1. The van der Waals surface area contributed by atoms with E-state index in [-0.39, 0.29) is 5.57 Å². The fraction of sp³-hybridized carbons (Fsp3) is 0.136. The van der Waals surface area contributed by atoms with E-state index in [0.717, 1.165) is 4.90 Å². The first kappa shape index (κ1) is 19.9. The van der Waals surface area contributed by atoms with E-state index in [1.807, 2.05) is 6.92 Å². The van der Waals surface area contributed by atoms with Crippen LogP contribution >= 0.6 is 0 Å². The van der Waals surface area contributed by atoms with E-state index in [9.17, 15) is 14.4 Å². The third-order valence-electron chi connectivity index (χ3n) is 4.04. The molecule has 0 atom stereocenters. The maximum Gasteiger partial charge on any atom is 0.335 e. The summed E-state index contributed by atoms with van der Waals surface area (Å²) in [5, 5.41) is 2.20. The molecule has 7 heteroatoms. The quantitative estimate of drug-likeness (QED) is 0.444. The van der Waals surface area contributed by atoms with Gasteiger partial charge in [-0.2, -0.15) is 0 Å². The first-order chi connectivity index (χ1) is 14.0. The molecule has 1 fully saturated rings. The molecule has 1 N–H and O–H groups in total. The number of carbonyl (C=O) groups is 3. The third-order valence-corrected chi connectivity index (χ3v) is 4.04. The molecule has 0 saturated carbocycles. The van der Waals surface area contributed by atoms with Gasteiger partial charge in [0.25, 0.3) is 11.8 Å². The molecule has 0 spiro atoms. The number of anilines is 1. The van der Waals surface area contributed by atoms with Crippen molar-refractivity contribution in [1.82, 2.24) is 5.32 Å². The number of imide groups is 2. The van der Waals surface area contributed by atoms with Crippen molar-refractivity contribution in [2.45, 2.75) is 6.92 Å². The summed E-state index contributed by atoms with van der Waals surface area (Å²) >= 11 is 0. The number of carbonyl (C=O) groups excluding carboxylic acids is 3. The van der Waals surface area contributed by atoms with E-state index in [2.05, 4.69) is 11.9 Å². The van der Waals surface area contributed by atoms with Crippen molar-refractivity contribution in [3.8, 4) is 11.5 Å². The Balaban J connectivity index is 1.90. The molecule has 1 aliphatic rings. The lowest BCUT2D eigenvalue weighted by Crippen LogP contribution is -2.54.